The molecule has 0 unspecified atom stereocenters. The molecule has 0 saturated carbocycles. The minimum absolute atomic E-state index is 0.0225. The van der Waals surface area contributed by atoms with Crippen LogP contribution in [0, 0.1) is 0 Å². The zero-order valence-electron chi connectivity index (χ0n) is 21.4. The molecular weight excluding hydrogens is 490 g/mol. The Morgan fingerprint density at radius 1 is 1.14 bits per heavy atom. The van der Waals surface area contributed by atoms with Crippen LogP contribution in [-0.4, -0.2) is 50.9 Å². The highest BCUT2D eigenvalue weighted by Gasteiger charge is 2.19. The Morgan fingerprint density at radius 2 is 1.92 bits per heavy atom. The molecule has 2 heterocycles. The average Bonchev–Trinajstić information content (AvgIpc) is 2.90. The van der Waals surface area contributed by atoms with E-state index < -0.39 is 9.84 Å². The Bertz CT molecular complexity index is 1320. The highest BCUT2D eigenvalue weighted by Crippen LogP contribution is 2.35. The van der Waals surface area contributed by atoms with E-state index in [9.17, 15) is 13.2 Å². The van der Waals surface area contributed by atoms with Gasteiger partial charge in [-0.3, -0.25) is 9.78 Å². The lowest BCUT2D eigenvalue weighted by molar-refractivity contribution is 0.0950. The maximum absolute atomic E-state index is 12.6. The third-order valence-electron chi connectivity index (χ3n) is 6.11. The van der Waals surface area contributed by atoms with Gasteiger partial charge in [-0.05, 0) is 62.2 Å². The number of rotatable bonds is 10. The molecule has 1 aromatic heterocycles. The summed E-state index contributed by atoms with van der Waals surface area (Å²) in [4.78, 5) is 19.2. The third-order valence-corrected chi connectivity index (χ3v) is 7.83. The van der Waals surface area contributed by atoms with E-state index in [1.165, 1.54) is 12.3 Å². The van der Waals surface area contributed by atoms with E-state index in [0.29, 0.717) is 17.9 Å². The van der Waals surface area contributed by atoms with Crippen LogP contribution in [-0.2, 0) is 22.8 Å². The zero-order chi connectivity index (χ0) is 26.4. The van der Waals surface area contributed by atoms with Gasteiger partial charge in [-0.25, -0.2) is 8.42 Å². The predicted molar refractivity (Wildman–Crippen MR) is 143 cm³/mol. The van der Waals surface area contributed by atoms with Crippen molar-refractivity contribution in [3.05, 3.63) is 77.6 Å². The van der Waals surface area contributed by atoms with E-state index in [-0.39, 0.29) is 29.2 Å². The lowest BCUT2D eigenvalue weighted by Gasteiger charge is -2.31. The molecule has 2 aromatic carbocycles. The molecule has 196 valence electrons. The number of carbonyl (C=O) groups excluding carboxylic acids is 1. The summed E-state index contributed by atoms with van der Waals surface area (Å²) >= 11 is 0. The monoisotopic (exact) mass is 523 g/mol. The largest absolute Gasteiger partial charge is 0.491 e. The second-order valence-electron chi connectivity index (χ2n) is 9.15. The standard InChI is InChI=1S/C28H33N3O5S/c1-4-37(33,34)25-11-9-23(29-19-25)18-30-28(32)22-7-5-21(6-8-22)13-14-31-15-16-35-27-12-10-24(17-26(27)31)36-20(2)3/h5-12,17,19-20H,4,13-16,18H2,1-3H3,(H,30,32). The summed E-state index contributed by atoms with van der Waals surface area (Å²) in [5.41, 5.74) is 3.32. The summed E-state index contributed by atoms with van der Waals surface area (Å²) in [5, 5.41) is 2.84. The molecule has 0 atom stereocenters. The lowest BCUT2D eigenvalue weighted by atomic mass is 10.1. The number of benzene rings is 2. The highest BCUT2D eigenvalue weighted by molar-refractivity contribution is 7.91. The Balaban J connectivity index is 1.31. The highest BCUT2D eigenvalue weighted by atomic mass is 32.2. The predicted octanol–water partition coefficient (Wildman–Crippen LogP) is 4.03. The van der Waals surface area contributed by atoms with Gasteiger partial charge in [0, 0.05) is 24.4 Å². The van der Waals surface area contributed by atoms with Crippen LogP contribution < -0.4 is 19.7 Å². The van der Waals surface area contributed by atoms with Crippen LogP contribution in [0.5, 0.6) is 11.5 Å². The molecule has 37 heavy (non-hydrogen) atoms. The molecule has 3 aromatic rings. The summed E-state index contributed by atoms with van der Waals surface area (Å²) < 4.78 is 35.5. The number of ether oxygens (including phenoxy) is 2. The van der Waals surface area contributed by atoms with E-state index in [1.54, 1.807) is 13.0 Å². The molecule has 0 fully saturated rings. The first-order valence-electron chi connectivity index (χ1n) is 12.5. The van der Waals surface area contributed by atoms with Crippen molar-refractivity contribution < 1.29 is 22.7 Å². The van der Waals surface area contributed by atoms with Crippen molar-refractivity contribution in [3.63, 3.8) is 0 Å². The van der Waals surface area contributed by atoms with Gasteiger partial charge in [0.15, 0.2) is 9.84 Å². The molecule has 0 aliphatic carbocycles. The number of amides is 1. The smallest absolute Gasteiger partial charge is 0.251 e. The van der Waals surface area contributed by atoms with Crippen LogP contribution >= 0.6 is 0 Å². The maximum Gasteiger partial charge on any atom is 0.251 e. The number of hydrogen-bond acceptors (Lipinski definition) is 7. The summed E-state index contributed by atoms with van der Waals surface area (Å²) in [6.45, 7) is 8.09. The molecule has 0 spiro atoms. The van der Waals surface area contributed by atoms with Crippen LogP contribution in [0.4, 0.5) is 5.69 Å². The fourth-order valence-corrected chi connectivity index (χ4v) is 4.88. The van der Waals surface area contributed by atoms with Gasteiger partial charge in [0.05, 0.1) is 41.2 Å². The van der Waals surface area contributed by atoms with Gasteiger partial charge in [0.1, 0.15) is 18.1 Å². The Kier molecular flexibility index (Phi) is 8.33. The molecule has 1 aliphatic heterocycles. The van der Waals surface area contributed by atoms with Gasteiger partial charge in [-0.1, -0.05) is 19.1 Å². The normalized spacial score (nSPS) is 13.1. The third kappa shape index (κ3) is 6.80. The number of aromatic nitrogens is 1. The summed E-state index contributed by atoms with van der Waals surface area (Å²) in [6.07, 6.45) is 2.27. The fourth-order valence-electron chi connectivity index (χ4n) is 4.06. The van der Waals surface area contributed by atoms with Crippen LogP contribution in [0.2, 0.25) is 0 Å². The number of carbonyl (C=O) groups is 1. The number of nitrogens with zero attached hydrogens (tertiary/aromatic N) is 2. The van der Waals surface area contributed by atoms with Crippen molar-refractivity contribution >= 4 is 21.4 Å². The molecule has 1 N–H and O–H groups in total. The van der Waals surface area contributed by atoms with Crippen LogP contribution in [0.3, 0.4) is 0 Å². The van der Waals surface area contributed by atoms with Gasteiger partial charge in [-0.15, -0.1) is 0 Å². The first kappa shape index (κ1) is 26.5. The molecule has 0 bridgehead atoms. The van der Waals surface area contributed by atoms with E-state index >= 15 is 0 Å². The molecule has 1 aliphatic rings. The van der Waals surface area contributed by atoms with Crippen molar-refractivity contribution in [1.29, 1.82) is 0 Å². The van der Waals surface area contributed by atoms with E-state index in [1.807, 2.05) is 56.3 Å². The Hall–Kier alpha value is -3.59. The Labute approximate surface area is 218 Å². The van der Waals surface area contributed by atoms with Crippen molar-refractivity contribution in [3.8, 4) is 11.5 Å². The SMILES string of the molecule is CCS(=O)(=O)c1ccc(CNC(=O)c2ccc(CCN3CCOc4ccc(OC(C)C)cc43)cc2)nc1. The van der Waals surface area contributed by atoms with Crippen molar-refractivity contribution in [2.45, 2.75) is 44.7 Å². The van der Waals surface area contributed by atoms with Gasteiger partial charge in [-0.2, -0.15) is 0 Å². The van der Waals surface area contributed by atoms with Gasteiger partial charge >= 0.3 is 0 Å². The van der Waals surface area contributed by atoms with Crippen LogP contribution in [0.15, 0.2) is 65.7 Å². The molecule has 9 heteroatoms. The van der Waals surface area contributed by atoms with Crippen molar-refractivity contribution in [2.24, 2.45) is 0 Å². The lowest BCUT2D eigenvalue weighted by Crippen LogP contribution is -2.34. The van der Waals surface area contributed by atoms with Gasteiger partial charge < -0.3 is 19.7 Å². The number of nitrogens with one attached hydrogen (secondary N) is 1. The minimum Gasteiger partial charge on any atom is -0.491 e. The van der Waals surface area contributed by atoms with Crippen LogP contribution in [0.25, 0.3) is 0 Å². The fraction of sp³-hybridized carbons (Fsp3) is 0.357. The summed E-state index contributed by atoms with van der Waals surface area (Å²) in [7, 11) is -3.29. The molecular formula is C28H33N3O5S. The first-order chi connectivity index (χ1) is 17.7. The molecule has 8 nitrogen and oxygen atoms in total. The molecule has 1 amide bonds. The van der Waals surface area contributed by atoms with E-state index in [2.05, 4.69) is 15.2 Å². The van der Waals surface area contributed by atoms with Crippen molar-refractivity contribution in [2.75, 3.05) is 30.3 Å². The quantitative estimate of drug-likeness (QED) is 0.428. The zero-order valence-corrected chi connectivity index (χ0v) is 22.3. The number of sulfone groups is 1. The topological polar surface area (TPSA) is 97.8 Å². The number of hydrogen-bond donors (Lipinski definition) is 1. The van der Waals surface area contributed by atoms with Gasteiger partial charge in [0.25, 0.3) is 5.91 Å². The van der Waals surface area contributed by atoms with Crippen molar-refractivity contribution in [1.82, 2.24) is 10.3 Å². The minimum atomic E-state index is -3.29. The van der Waals surface area contributed by atoms with Crippen LogP contribution in [0.1, 0.15) is 42.4 Å². The maximum atomic E-state index is 12.6. The number of anilines is 1. The summed E-state index contributed by atoms with van der Waals surface area (Å²) in [6, 6.07) is 16.6. The number of pyridine rings is 1. The average molecular weight is 524 g/mol. The number of fused-ring (bicyclic) bond motifs is 1. The second kappa shape index (κ2) is 11.6. The Morgan fingerprint density at radius 3 is 2.59 bits per heavy atom. The van der Waals surface area contributed by atoms with Gasteiger partial charge in [0.2, 0.25) is 0 Å². The first-order valence-corrected chi connectivity index (χ1v) is 14.1. The second-order valence-corrected chi connectivity index (χ2v) is 11.4. The molecule has 0 saturated heterocycles. The van der Waals surface area contributed by atoms with E-state index in [4.69, 9.17) is 9.47 Å². The van der Waals surface area contributed by atoms with E-state index in [0.717, 1.165) is 42.3 Å². The molecule has 0 radical (unpaired) electrons. The molecule has 4 rings (SSSR count). The summed E-state index contributed by atoms with van der Waals surface area (Å²) in [5.74, 6) is 1.51.